The minimum Gasteiger partial charge on any atom is -0.314 e. The van der Waals surface area contributed by atoms with E-state index in [1.165, 1.54) is 24.1 Å². The maximum Gasteiger partial charge on any atom is 0.0931 e. The zero-order valence-electron chi connectivity index (χ0n) is 10.1. The van der Waals surface area contributed by atoms with Gasteiger partial charge in [0.1, 0.15) is 0 Å². The highest BCUT2D eigenvalue weighted by Gasteiger charge is 2.23. The Balaban J connectivity index is 1.76. The van der Waals surface area contributed by atoms with Gasteiger partial charge in [0.15, 0.2) is 0 Å². The second-order valence-corrected chi connectivity index (χ2v) is 7.32. The lowest BCUT2D eigenvalue weighted by Crippen LogP contribution is -2.25. The van der Waals surface area contributed by atoms with Gasteiger partial charge in [0.25, 0.3) is 0 Å². The molecule has 3 heteroatoms. The summed E-state index contributed by atoms with van der Waals surface area (Å²) in [5.74, 6) is 0. The molecule has 1 heterocycles. The predicted octanol–water partition coefficient (Wildman–Crippen LogP) is 4.11. The van der Waals surface area contributed by atoms with Crippen LogP contribution in [0.25, 0.3) is 0 Å². The van der Waals surface area contributed by atoms with E-state index in [1.54, 1.807) is 11.3 Å². The smallest absolute Gasteiger partial charge is 0.0931 e. The average molecular weight is 258 g/mol. The van der Waals surface area contributed by atoms with Crippen molar-refractivity contribution < 1.29 is 0 Å². The molecule has 1 aliphatic carbocycles. The van der Waals surface area contributed by atoms with Gasteiger partial charge in [-0.3, -0.25) is 0 Å². The molecule has 90 valence electrons. The average Bonchev–Trinajstić information content (AvgIpc) is 2.90. The molecule has 0 bridgehead atoms. The van der Waals surface area contributed by atoms with Crippen LogP contribution in [0.1, 0.15) is 38.0 Å². The highest BCUT2D eigenvalue weighted by Crippen LogP contribution is 2.31. The van der Waals surface area contributed by atoms with Gasteiger partial charge in [-0.05, 0) is 49.8 Å². The first-order valence-electron chi connectivity index (χ1n) is 6.03. The predicted molar refractivity (Wildman–Crippen MR) is 72.5 cm³/mol. The van der Waals surface area contributed by atoms with E-state index in [0.29, 0.717) is 5.41 Å². The lowest BCUT2D eigenvalue weighted by molar-refractivity contribution is 0.327. The quantitative estimate of drug-likeness (QED) is 0.809. The van der Waals surface area contributed by atoms with E-state index < -0.39 is 0 Å². The van der Waals surface area contributed by atoms with E-state index >= 15 is 0 Å². The number of thiophene rings is 1. The van der Waals surface area contributed by atoms with Crippen LogP contribution in [-0.4, -0.2) is 12.6 Å². The summed E-state index contributed by atoms with van der Waals surface area (Å²) in [7, 11) is 0. The van der Waals surface area contributed by atoms with Crippen LogP contribution in [0.3, 0.4) is 0 Å². The molecule has 1 aliphatic rings. The van der Waals surface area contributed by atoms with Crippen molar-refractivity contribution in [2.24, 2.45) is 5.41 Å². The van der Waals surface area contributed by atoms with Crippen molar-refractivity contribution >= 4 is 22.9 Å². The molecule has 0 unspecified atom stereocenters. The fourth-order valence-electron chi connectivity index (χ4n) is 1.91. The monoisotopic (exact) mass is 257 g/mol. The minimum atomic E-state index is 0.371. The normalized spacial score (nSPS) is 16.7. The van der Waals surface area contributed by atoms with Crippen LogP contribution in [0.15, 0.2) is 12.1 Å². The van der Waals surface area contributed by atoms with E-state index in [-0.39, 0.29) is 0 Å². The first-order valence-corrected chi connectivity index (χ1v) is 7.22. The Morgan fingerprint density at radius 1 is 1.44 bits per heavy atom. The van der Waals surface area contributed by atoms with Gasteiger partial charge < -0.3 is 5.32 Å². The number of rotatable bonds is 6. The fourth-order valence-corrected chi connectivity index (χ4v) is 3.25. The zero-order valence-corrected chi connectivity index (χ0v) is 11.6. The van der Waals surface area contributed by atoms with Gasteiger partial charge in [-0.25, -0.2) is 0 Å². The van der Waals surface area contributed by atoms with Crippen LogP contribution in [-0.2, 0) is 6.42 Å². The third-order valence-electron chi connectivity index (χ3n) is 3.09. The van der Waals surface area contributed by atoms with Gasteiger partial charge >= 0.3 is 0 Å². The van der Waals surface area contributed by atoms with Crippen LogP contribution in [0.2, 0.25) is 4.34 Å². The zero-order chi connectivity index (χ0) is 11.6. The van der Waals surface area contributed by atoms with E-state index in [9.17, 15) is 0 Å². The molecule has 2 rings (SSSR count). The molecule has 1 saturated carbocycles. The number of halogens is 1. The Bertz CT molecular complexity index is 341. The lowest BCUT2D eigenvalue weighted by atomic mass is 9.85. The molecule has 1 aromatic heterocycles. The number of hydrogen-bond acceptors (Lipinski definition) is 2. The highest BCUT2D eigenvalue weighted by atomic mass is 35.5. The molecule has 0 amide bonds. The first-order chi connectivity index (χ1) is 7.55. The molecule has 16 heavy (non-hydrogen) atoms. The molecule has 1 fully saturated rings. The highest BCUT2D eigenvalue weighted by molar-refractivity contribution is 7.16. The van der Waals surface area contributed by atoms with E-state index in [4.69, 9.17) is 11.6 Å². The van der Waals surface area contributed by atoms with Crippen LogP contribution < -0.4 is 5.32 Å². The summed E-state index contributed by atoms with van der Waals surface area (Å²) in [4.78, 5) is 1.40. The maximum atomic E-state index is 5.95. The van der Waals surface area contributed by atoms with Crippen LogP contribution in [0.4, 0.5) is 0 Å². The Hall–Kier alpha value is -0.0500. The van der Waals surface area contributed by atoms with Gasteiger partial charge in [0, 0.05) is 10.9 Å². The standard InChI is InChI=1S/C13H20ClNS/c1-13(2,7-8-15-10-3-4-10)9-11-5-6-12(14)16-11/h5-6,10,15H,3-4,7-9H2,1-2H3. The topological polar surface area (TPSA) is 12.0 Å². The van der Waals surface area contributed by atoms with Gasteiger partial charge in [-0.15, -0.1) is 11.3 Å². The Morgan fingerprint density at radius 2 is 2.19 bits per heavy atom. The van der Waals surface area contributed by atoms with Crippen molar-refractivity contribution in [1.82, 2.24) is 5.32 Å². The Labute approximate surface area is 107 Å². The summed E-state index contributed by atoms with van der Waals surface area (Å²) < 4.78 is 0.905. The third-order valence-corrected chi connectivity index (χ3v) is 4.32. The summed E-state index contributed by atoms with van der Waals surface area (Å²) in [5.41, 5.74) is 0.371. The van der Waals surface area contributed by atoms with Crippen LogP contribution in [0, 0.1) is 5.41 Å². The second-order valence-electron chi connectivity index (χ2n) is 5.53. The van der Waals surface area contributed by atoms with Crippen molar-refractivity contribution in [3.05, 3.63) is 21.3 Å². The van der Waals surface area contributed by atoms with Gasteiger partial charge in [-0.1, -0.05) is 25.4 Å². The van der Waals surface area contributed by atoms with Gasteiger partial charge in [0.2, 0.25) is 0 Å². The molecular formula is C13H20ClNS. The molecule has 0 aliphatic heterocycles. The van der Waals surface area contributed by atoms with E-state index in [1.807, 2.05) is 6.07 Å². The van der Waals surface area contributed by atoms with Crippen molar-refractivity contribution in [2.75, 3.05) is 6.54 Å². The van der Waals surface area contributed by atoms with Gasteiger partial charge in [0.05, 0.1) is 4.34 Å². The SMILES string of the molecule is CC(C)(CCNC1CC1)Cc1ccc(Cl)s1. The minimum absolute atomic E-state index is 0.371. The van der Waals surface area contributed by atoms with Crippen LogP contribution >= 0.6 is 22.9 Å². The summed E-state index contributed by atoms with van der Waals surface area (Å²) in [5, 5.41) is 3.58. The number of nitrogens with one attached hydrogen (secondary N) is 1. The molecule has 0 spiro atoms. The molecule has 1 aromatic rings. The lowest BCUT2D eigenvalue weighted by Gasteiger charge is -2.24. The van der Waals surface area contributed by atoms with E-state index in [2.05, 4.69) is 25.2 Å². The summed E-state index contributed by atoms with van der Waals surface area (Å²) in [6, 6.07) is 4.98. The van der Waals surface area contributed by atoms with Gasteiger partial charge in [-0.2, -0.15) is 0 Å². The molecule has 1 N–H and O–H groups in total. The Morgan fingerprint density at radius 3 is 2.75 bits per heavy atom. The van der Waals surface area contributed by atoms with Crippen molar-refractivity contribution in [3.63, 3.8) is 0 Å². The van der Waals surface area contributed by atoms with Crippen molar-refractivity contribution in [2.45, 2.75) is 45.6 Å². The summed E-state index contributed by atoms with van der Waals surface area (Å²) in [6.07, 6.45) is 5.12. The third kappa shape index (κ3) is 4.08. The second kappa shape index (κ2) is 5.07. The van der Waals surface area contributed by atoms with Crippen LogP contribution in [0.5, 0.6) is 0 Å². The first kappa shape index (κ1) is 12.4. The Kier molecular flexibility index (Phi) is 3.93. The van der Waals surface area contributed by atoms with E-state index in [0.717, 1.165) is 23.3 Å². The number of hydrogen-bond donors (Lipinski definition) is 1. The molecular weight excluding hydrogens is 238 g/mol. The molecule has 0 saturated heterocycles. The molecule has 0 aromatic carbocycles. The van der Waals surface area contributed by atoms with Crippen molar-refractivity contribution in [3.8, 4) is 0 Å². The largest absolute Gasteiger partial charge is 0.314 e. The molecule has 1 nitrogen and oxygen atoms in total. The molecule has 0 radical (unpaired) electrons. The summed E-state index contributed by atoms with van der Waals surface area (Å²) in [6.45, 7) is 5.83. The summed E-state index contributed by atoms with van der Waals surface area (Å²) >= 11 is 7.66. The maximum absolute atomic E-state index is 5.95. The van der Waals surface area contributed by atoms with Crippen molar-refractivity contribution in [1.29, 1.82) is 0 Å². The molecule has 0 atom stereocenters. The fraction of sp³-hybridized carbons (Fsp3) is 0.692.